The van der Waals surface area contributed by atoms with Crippen LogP contribution in [0.25, 0.3) is 0 Å². The molecule has 0 aliphatic carbocycles. The standard InChI is InChI=1S/C11H16N6O4S/c1-8-6-10(21-2)14-17(13-8)15-11(18)16-22(19,20)9-4-3-5-12-7-9/h3-7,10,13-14H,1-2H3,(H2,15,16,18). The highest BCUT2D eigenvalue weighted by atomic mass is 32.2. The van der Waals surface area contributed by atoms with Gasteiger partial charge in [0.1, 0.15) is 11.1 Å². The van der Waals surface area contributed by atoms with E-state index in [1.807, 2.05) is 4.72 Å². The zero-order valence-electron chi connectivity index (χ0n) is 11.9. The van der Waals surface area contributed by atoms with Gasteiger partial charge in [0, 0.05) is 25.2 Å². The van der Waals surface area contributed by atoms with Crippen LogP contribution in [0.4, 0.5) is 4.79 Å². The second-order valence-corrected chi connectivity index (χ2v) is 6.00. The summed E-state index contributed by atoms with van der Waals surface area (Å²) >= 11 is 0. The summed E-state index contributed by atoms with van der Waals surface area (Å²) in [6.45, 7) is 1.76. The molecule has 2 heterocycles. The molecule has 0 saturated carbocycles. The molecule has 2 rings (SSSR count). The van der Waals surface area contributed by atoms with E-state index in [1.54, 1.807) is 13.0 Å². The van der Waals surface area contributed by atoms with Crippen molar-refractivity contribution in [3.8, 4) is 0 Å². The molecule has 0 aromatic carbocycles. The molecule has 120 valence electrons. The van der Waals surface area contributed by atoms with Crippen molar-refractivity contribution in [3.05, 3.63) is 36.3 Å². The first-order valence-electron chi connectivity index (χ1n) is 6.18. The molecule has 0 fully saturated rings. The van der Waals surface area contributed by atoms with Crippen molar-refractivity contribution in [2.75, 3.05) is 7.11 Å². The molecule has 22 heavy (non-hydrogen) atoms. The van der Waals surface area contributed by atoms with Gasteiger partial charge in [-0.1, -0.05) is 5.23 Å². The number of allylic oxidation sites excluding steroid dienone is 1. The van der Waals surface area contributed by atoms with E-state index in [-0.39, 0.29) is 4.90 Å². The van der Waals surface area contributed by atoms with Crippen molar-refractivity contribution in [2.24, 2.45) is 0 Å². The summed E-state index contributed by atoms with van der Waals surface area (Å²) in [6.07, 6.45) is 3.85. The minimum Gasteiger partial charge on any atom is -0.361 e. The second kappa shape index (κ2) is 6.70. The van der Waals surface area contributed by atoms with Gasteiger partial charge >= 0.3 is 6.03 Å². The summed E-state index contributed by atoms with van der Waals surface area (Å²) in [4.78, 5) is 15.4. The molecule has 1 atom stereocenters. The highest BCUT2D eigenvalue weighted by Gasteiger charge is 2.22. The SMILES string of the molecule is COC1C=C(C)NN(NC(=O)NS(=O)(=O)c2cccnc2)N1. The number of rotatable bonds is 4. The van der Waals surface area contributed by atoms with Gasteiger partial charge in [-0.05, 0) is 25.1 Å². The predicted octanol–water partition coefficient (Wildman–Crippen LogP) is -0.814. The number of hydrazine groups is 3. The lowest BCUT2D eigenvalue weighted by molar-refractivity contribution is -0.0272. The van der Waals surface area contributed by atoms with E-state index in [2.05, 4.69) is 21.3 Å². The fourth-order valence-electron chi connectivity index (χ4n) is 1.63. The van der Waals surface area contributed by atoms with Crippen molar-refractivity contribution < 1.29 is 17.9 Å². The number of ether oxygens (including phenoxy) is 1. The van der Waals surface area contributed by atoms with E-state index in [0.717, 1.165) is 11.4 Å². The Morgan fingerprint density at radius 1 is 1.50 bits per heavy atom. The molecule has 1 aromatic rings. The van der Waals surface area contributed by atoms with Crippen molar-refractivity contribution in [2.45, 2.75) is 18.0 Å². The van der Waals surface area contributed by atoms with Gasteiger partial charge < -0.3 is 4.74 Å². The number of nitrogens with one attached hydrogen (secondary N) is 4. The fraction of sp³-hybridized carbons (Fsp3) is 0.273. The lowest BCUT2D eigenvalue weighted by atomic mass is 10.4. The van der Waals surface area contributed by atoms with Gasteiger partial charge in [-0.15, -0.1) is 0 Å². The molecule has 0 spiro atoms. The maximum Gasteiger partial charge on any atom is 0.345 e. The molecule has 1 aliphatic rings. The van der Waals surface area contributed by atoms with Crippen LogP contribution in [-0.4, -0.2) is 38.0 Å². The molecule has 10 nitrogen and oxygen atoms in total. The first-order chi connectivity index (χ1) is 10.4. The van der Waals surface area contributed by atoms with Gasteiger partial charge in [-0.2, -0.15) is 5.43 Å². The van der Waals surface area contributed by atoms with Gasteiger partial charge in [-0.25, -0.2) is 23.4 Å². The normalized spacial score (nSPS) is 19.0. The van der Waals surface area contributed by atoms with Crippen LogP contribution >= 0.6 is 0 Å². The molecule has 0 bridgehead atoms. The van der Waals surface area contributed by atoms with Crippen LogP contribution in [0.3, 0.4) is 0 Å². The van der Waals surface area contributed by atoms with Gasteiger partial charge in [0.05, 0.1) is 0 Å². The first kappa shape index (κ1) is 16.2. The highest BCUT2D eigenvalue weighted by Crippen LogP contribution is 2.05. The Bertz CT molecular complexity index is 662. The number of sulfonamides is 1. The number of methoxy groups -OCH3 is 1. The molecule has 11 heteroatoms. The maximum atomic E-state index is 12.0. The Kier molecular flexibility index (Phi) is 4.92. The first-order valence-corrected chi connectivity index (χ1v) is 7.66. The third kappa shape index (κ3) is 4.14. The molecule has 1 unspecified atom stereocenters. The number of carbonyl (C=O) groups excluding carboxylic acids is 1. The van der Waals surface area contributed by atoms with Crippen molar-refractivity contribution in [1.82, 2.24) is 31.2 Å². The second-order valence-electron chi connectivity index (χ2n) is 4.32. The molecule has 0 saturated heterocycles. The van der Waals surface area contributed by atoms with Crippen LogP contribution in [0.15, 0.2) is 41.2 Å². The number of aromatic nitrogens is 1. The summed E-state index contributed by atoms with van der Waals surface area (Å²) < 4.78 is 30.9. The van der Waals surface area contributed by atoms with Crippen molar-refractivity contribution >= 4 is 16.1 Å². The predicted molar refractivity (Wildman–Crippen MR) is 75.8 cm³/mol. The Balaban J connectivity index is 1.98. The van der Waals surface area contributed by atoms with E-state index < -0.39 is 22.3 Å². The lowest BCUT2D eigenvalue weighted by Crippen LogP contribution is -2.64. The van der Waals surface area contributed by atoms with Crippen LogP contribution in [0, 0.1) is 0 Å². The van der Waals surface area contributed by atoms with E-state index in [1.165, 1.54) is 25.4 Å². The zero-order chi connectivity index (χ0) is 16.2. The van der Waals surface area contributed by atoms with Gasteiger partial charge in [-0.3, -0.25) is 10.4 Å². The van der Waals surface area contributed by atoms with Gasteiger partial charge in [0.2, 0.25) is 0 Å². The zero-order valence-corrected chi connectivity index (χ0v) is 12.7. The maximum absolute atomic E-state index is 12.0. The molecular formula is C11H16N6O4S. The average molecular weight is 328 g/mol. The number of urea groups is 1. The summed E-state index contributed by atoms with van der Waals surface area (Å²) in [7, 11) is -2.51. The number of nitrogens with zero attached hydrogens (tertiary/aromatic N) is 2. The van der Waals surface area contributed by atoms with E-state index >= 15 is 0 Å². The van der Waals surface area contributed by atoms with Crippen LogP contribution in [-0.2, 0) is 14.8 Å². The van der Waals surface area contributed by atoms with Crippen LogP contribution in [0.5, 0.6) is 0 Å². The molecule has 2 amide bonds. The fourth-order valence-corrected chi connectivity index (χ4v) is 2.49. The minimum absolute atomic E-state index is 0.115. The number of hydrogen-bond acceptors (Lipinski definition) is 8. The number of amides is 2. The summed E-state index contributed by atoms with van der Waals surface area (Å²) in [6, 6.07) is 1.83. The largest absolute Gasteiger partial charge is 0.361 e. The highest BCUT2D eigenvalue weighted by molar-refractivity contribution is 7.90. The van der Waals surface area contributed by atoms with Crippen LogP contribution in [0.1, 0.15) is 6.92 Å². The number of pyridine rings is 1. The number of hydrogen-bond donors (Lipinski definition) is 4. The third-order valence-electron chi connectivity index (χ3n) is 2.58. The molecule has 4 N–H and O–H groups in total. The topological polar surface area (TPSA) is 125 Å². The Morgan fingerprint density at radius 2 is 2.27 bits per heavy atom. The quantitative estimate of drug-likeness (QED) is 0.565. The van der Waals surface area contributed by atoms with Gasteiger partial charge in [0.25, 0.3) is 10.0 Å². The average Bonchev–Trinajstić information content (AvgIpc) is 2.46. The van der Waals surface area contributed by atoms with E-state index in [4.69, 9.17) is 4.74 Å². The monoisotopic (exact) mass is 328 g/mol. The minimum atomic E-state index is -4.00. The van der Waals surface area contributed by atoms with E-state index in [9.17, 15) is 13.2 Å². The van der Waals surface area contributed by atoms with Crippen LogP contribution < -0.4 is 21.0 Å². The van der Waals surface area contributed by atoms with E-state index in [0.29, 0.717) is 5.70 Å². The Labute approximate surface area is 127 Å². The summed E-state index contributed by atoms with van der Waals surface area (Å²) in [5.74, 6) is 0. The Morgan fingerprint density at radius 3 is 2.91 bits per heavy atom. The molecule has 1 aromatic heterocycles. The molecule has 0 radical (unpaired) electrons. The summed E-state index contributed by atoms with van der Waals surface area (Å²) in [5.41, 5.74) is 8.49. The molecular weight excluding hydrogens is 312 g/mol. The van der Waals surface area contributed by atoms with Gasteiger partial charge in [0.15, 0.2) is 0 Å². The lowest BCUT2D eigenvalue weighted by Gasteiger charge is -2.32. The number of carbonyl (C=O) groups is 1. The van der Waals surface area contributed by atoms with Crippen molar-refractivity contribution in [1.29, 1.82) is 0 Å². The smallest absolute Gasteiger partial charge is 0.345 e. The van der Waals surface area contributed by atoms with Crippen LogP contribution in [0.2, 0.25) is 0 Å². The Hall–Kier alpha value is -2.21. The summed E-state index contributed by atoms with van der Waals surface area (Å²) in [5, 5.41) is 1.09. The third-order valence-corrected chi connectivity index (χ3v) is 3.90. The van der Waals surface area contributed by atoms with Crippen molar-refractivity contribution in [3.63, 3.8) is 0 Å². The molecule has 1 aliphatic heterocycles.